The summed E-state index contributed by atoms with van der Waals surface area (Å²) in [6.45, 7) is 1.49. The number of aryl methyl sites for hydroxylation is 1. The smallest absolute Gasteiger partial charge is 0.349 e. The van der Waals surface area contributed by atoms with Gasteiger partial charge in [-0.2, -0.15) is 0 Å². The number of fused-ring (bicyclic) bond motifs is 1. The van der Waals surface area contributed by atoms with Crippen LogP contribution in [0.25, 0.3) is 10.1 Å². The molecule has 0 aliphatic rings. The highest BCUT2D eigenvalue weighted by Gasteiger charge is 2.18. The molecule has 3 aromatic rings. The Morgan fingerprint density at radius 3 is 2.56 bits per heavy atom. The first-order valence-corrected chi connectivity index (χ1v) is 9.02. The molecule has 1 N–H and O–H groups in total. The third kappa shape index (κ3) is 4.03. The average Bonchev–Trinajstić information content (AvgIpc) is 3.03. The van der Waals surface area contributed by atoms with Gasteiger partial charge in [-0.3, -0.25) is 4.79 Å². The van der Waals surface area contributed by atoms with E-state index in [9.17, 15) is 9.59 Å². The van der Waals surface area contributed by atoms with Crippen LogP contribution >= 0.6 is 11.3 Å². The topological polar surface area (TPSA) is 73.9 Å². The zero-order valence-corrected chi connectivity index (χ0v) is 16.0. The van der Waals surface area contributed by atoms with Crippen LogP contribution in [0.4, 0.5) is 5.69 Å². The van der Waals surface area contributed by atoms with E-state index in [-0.39, 0.29) is 6.61 Å². The number of rotatable bonds is 6. The van der Waals surface area contributed by atoms with Crippen molar-refractivity contribution in [2.75, 3.05) is 26.1 Å². The first-order chi connectivity index (χ1) is 13.0. The highest BCUT2D eigenvalue weighted by molar-refractivity contribution is 7.21. The maximum atomic E-state index is 12.4. The molecule has 2 aromatic carbocycles. The van der Waals surface area contributed by atoms with Gasteiger partial charge in [0, 0.05) is 10.8 Å². The Balaban J connectivity index is 1.65. The van der Waals surface area contributed by atoms with Gasteiger partial charge >= 0.3 is 5.97 Å². The van der Waals surface area contributed by atoms with Crippen molar-refractivity contribution in [2.24, 2.45) is 0 Å². The zero-order chi connectivity index (χ0) is 19.4. The van der Waals surface area contributed by atoms with Crippen molar-refractivity contribution in [3.63, 3.8) is 0 Å². The van der Waals surface area contributed by atoms with Gasteiger partial charge in [-0.25, -0.2) is 4.79 Å². The van der Waals surface area contributed by atoms with Gasteiger partial charge in [-0.05, 0) is 36.1 Å². The summed E-state index contributed by atoms with van der Waals surface area (Å²) >= 11 is 1.36. The van der Waals surface area contributed by atoms with Crippen molar-refractivity contribution in [3.05, 3.63) is 52.9 Å². The van der Waals surface area contributed by atoms with Crippen LogP contribution in [0.2, 0.25) is 0 Å². The summed E-state index contributed by atoms with van der Waals surface area (Å²) in [4.78, 5) is 25.0. The third-order valence-electron chi connectivity index (χ3n) is 4.05. The average molecular weight is 385 g/mol. The van der Waals surface area contributed by atoms with E-state index in [1.54, 1.807) is 25.3 Å². The fourth-order valence-corrected chi connectivity index (χ4v) is 3.76. The molecule has 1 amide bonds. The highest BCUT2D eigenvalue weighted by Crippen LogP contribution is 2.31. The lowest BCUT2D eigenvalue weighted by Crippen LogP contribution is -2.21. The fraction of sp³-hybridized carbons (Fsp3) is 0.200. The molecule has 27 heavy (non-hydrogen) atoms. The Hall–Kier alpha value is -3.06. The molecule has 3 rings (SSSR count). The molecule has 0 saturated carbocycles. The molecule has 0 spiro atoms. The molecule has 140 valence electrons. The Bertz CT molecular complexity index is 995. The molecule has 0 unspecified atom stereocenters. The molecule has 1 aromatic heterocycles. The lowest BCUT2D eigenvalue weighted by Gasteiger charge is -2.11. The minimum Gasteiger partial charge on any atom is -0.497 e. The number of methoxy groups -OCH3 is 2. The fourth-order valence-electron chi connectivity index (χ4n) is 2.65. The summed E-state index contributed by atoms with van der Waals surface area (Å²) < 4.78 is 16.5. The van der Waals surface area contributed by atoms with Gasteiger partial charge in [0.25, 0.3) is 5.91 Å². The summed E-state index contributed by atoms with van der Waals surface area (Å²) in [7, 11) is 3.04. The van der Waals surface area contributed by atoms with E-state index in [0.717, 1.165) is 15.6 Å². The Labute approximate surface area is 160 Å². The minimum atomic E-state index is -0.509. The van der Waals surface area contributed by atoms with E-state index in [2.05, 4.69) is 5.32 Å². The summed E-state index contributed by atoms with van der Waals surface area (Å²) in [5.41, 5.74) is 1.33. The van der Waals surface area contributed by atoms with Crippen molar-refractivity contribution in [3.8, 4) is 11.5 Å². The largest absolute Gasteiger partial charge is 0.497 e. The van der Waals surface area contributed by atoms with Crippen LogP contribution < -0.4 is 14.8 Å². The van der Waals surface area contributed by atoms with E-state index >= 15 is 0 Å². The number of thiophene rings is 1. The molecule has 7 heteroatoms. The van der Waals surface area contributed by atoms with Crippen molar-refractivity contribution < 1.29 is 23.8 Å². The van der Waals surface area contributed by atoms with Gasteiger partial charge in [0.2, 0.25) is 0 Å². The molecule has 0 atom stereocenters. The van der Waals surface area contributed by atoms with E-state index < -0.39 is 11.9 Å². The van der Waals surface area contributed by atoms with E-state index in [1.807, 2.05) is 31.2 Å². The molecule has 0 fully saturated rings. The number of hydrogen-bond acceptors (Lipinski definition) is 6. The minimum absolute atomic E-state index is 0.387. The van der Waals surface area contributed by atoms with Crippen LogP contribution in [0.1, 0.15) is 15.2 Å². The Kier molecular flexibility index (Phi) is 5.61. The molecular formula is C20H19NO5S. The Morgan fingerprint density at radius 2 is 1.85 bits per heavy atom. The lowest BCUT2D eigenvalue weighted by molar-refractivity contribution is -0.119. The molecule has 0 saturated heterocycles. The molecule has 1 heterocycles. The summed E-state index contributed by atoms with van der Waals surface area (Å²) in [5.74, 6) is 0.0991. The maximum absolute atomic E-state index is 12.4. The van der Waals surface area contributed by atoms with Gasteiger partial charge in [0.05, 0.1) is 19.9 Å². The van der Waals surface area contributed by atoms with Crippen LogP contribution in [-0.2, 0) is 9.53 Å². The van der Waals surface area contributed by atoms with Crippen LogP contribution in [-0.4, -0.2) is 32.7 Å². The number of hydrogen-bond donors (Lipinski definition) is 1. The normalized spacial score (nSPS) is 10.5. The molecular weight excluding hydrogens is 366 g/mol. The van der Waals surface area contributed by atoms with Crippen LogP contribution in [0.3, 0.4) is 0 Å². The summed E-state index contributed by atoms with van der Waals surface area (Å²) in [5, 5.41) is 3.68. The number of anilines is 1. The number of carbonyl (C=O) groups is 2. The highest BCUT2D eigenvalue weighted by atomic mass is 32.1. The molecule has 0 aliphatic heterocycles. The van der Waals surface area contributed by atoms with Gasteiger partial charge in [-0.1, -0.05) is 18.2 Å². The summed E-state index contributed by atoms with van der Waals surface area (Å²) in [6.07, 6.45) is 0. The molecule has 6 nitrogen and oxygen atoms in total. The summed E-state index contributed by atoms with van der Waals surface area (Å²) in [6, 6.07) is 12.8. The quantitative estimate of drug-likeness (QED) is 0.649. The van der Waals surface area contributed by atoms with Crippen molar-refractivity contribution in [1.29, 1.82) is 0 Å². The number of ether oxygens (including phenoxy) is 3. The number of esters is 1. The Morgan fingerprint density at radius 1 is 1.07 bits per heavy atom. The standard InChI is InChI=1S/C20H19NO5S/c1-12-14-6-4-5-7-17(14)27-19(12)20(23)26-11-18(22)21-15-9-8-13(24-2)10-16(15)25-3/h4-10H,11H2,1-3H3,(H,21,22). The number of carbonyl (C=O) groups excluding carboxylic acids is 2. The SMILES string of the molecule is COc1ccc(NC(=O)COC(=O)c2sc3ccccc3c2C)c(OC)c1. The van der Waals surface area contributed by atoms with Crippen molar-refractivity contribution in [2.45, 2.75) is 6.92 Å². The van der Waals surface area contributed by atoms with Gasteiger partial charge in [0.15, 0.2) is 6.61 Å². The van der Waals surface area contributed by atoms with E-state index in [4.69, 9.17) is 14.2 Å². The predicted molar refractivity (Wildman–Crippen MR) is 105 cm³/mol. The molecule has 0 bridgehead atoms. The number of nitrogens with one attached hydrogen (secondary N) is 1. The maximum Gasteiger partial charge on any atom is 0.349 e. The number of amides is 1. The first-order valence-electron chi connectivity index (χ1n) is 8.20. The first kappa shape index (κ1) is 18.7. The second-order valence-corrected chi connectivity index (χ2v) is 6.80. The van der Waals surface area contributed by atoms with Crippen LogP contribution in [0, 0.1) is 6.92 Å². The lowest BCUT2D eigenvalue weighted by atomic mass is 10.1. The second-order valence-electron chi connectivity index (χ2n) is 5.74. The van der Waals surface area contributed by atoms with Gasteiger partial charge in [0.1, 0.15) is 16.4 Å². The monoisotopic (exact) mass is 385 g/mol. The predicted octanol–water partition coefficient (Wildman–Crippen LogP) is 4.02. The van der Waals surface area contributed by atoms with E-state index in [1.165, 1.54) is 18.4 Å². The number of benzene rings is 2. The zero-order valence-electron chi connectivity index (χ0n) is 15.2. The van der Waals surface area contributed by atoms with Crippen LogP contribution in [0.15, 0.2) is 42.5 Å². The molecule has 0 radical (unpaired) electrons. The van der Waals surface area contributed by atoms with Crippen molar-refractivity contribution >= 4 is 39.0 Å². The third-order valence-corrected chi connectivity index (χ3v) is 5.30. The van der Waals surface area contributed by atoms with Crippen LogP contribution in [0.5, 0.6) is 11.5 Å². The van der Waals surface area contributed by atoms with Gasteiger partial charge in [-0.15, -0.1) is 11.3 Å². The van der Waals surface area contributed by atoms with Crippen molar-refractivity contribution in [1.82, 2.24) is 0 Å². The second kappa shape index (κ2) is 8.09. The molecule has 0 aliphatic carbocycles. The van der Waals surface area contributed by atoms with Gasteiger partial charge < -0.3 is 19.5 Å². The van der Waals surface area contributed by atoms with E-state index in [0.29, 0.717) is 22.1 Å².